The maximum atomic E-state index is 13.0. The summed E-state index contributed by atoms with van der Waals surface area (Å²) in [4.78, 5) is 0. The molecule has 2 heteroatoms. The molecule has 1 N–H and O–H groups in total. The average Bonchev–Trinajstić information content (AvgIpc) is 2.25. The molecule has 1 aromatic rings. The van der Waals surface area contributed by atoms with Gasteiger partial charge in [-0.3, -0.25) is 0 Å². The maximum absolute atomic E-state index is 13.0. The van der Waals surface area contributed by atoms with Crippen LogP contribution in [0.4, 0.5) is 4.39 Å². The number of benzene rings is 1. The molecule has 0 saturated carbocycles. The summed E-state index contributed by atoms with van der Waals surface area (Å²) in [5, 5.41) is 3.38. The van der Waals surface area contributed by atoms with Gasteiger partial charge in [-0.25, -0.2) is 4.39 Å². The first-order chi connectivity index (χ1) is 7.69. The molecular formula is C14H18FN. The standard InChI is InChI=1S/C14H18FN/c1-4-6-7-14(16-5-2)13-9-8-12(15)10-11(13)3/h1,8-10,14,16H,5-7H2,2-3H3. The van der Waals surface area contributed by atoms with E-state index in [-0.39, 0.29) is 11.9 Å². The molecule has 0 saturated heterocycles. The second kappa shape index (κ2) is 6.30. The van der Waals surface area contributed by atoms with Crippen LogP contribution < -0.4 is 5.32 Å². The Bertz CT molecular complexity index is 379. The Balaban J connectivity index is 2.87. The summed E-state index contributed by atoms with van der Waals surface area (Å²) in [6, 6.07) is 5.13. The highest BCUT2D eigenvalue weighted by Gasteiger charge is 2.12. The summed E-state index contributed by atoms with van der Waals surface area (Å²) in [7, 11) is 0. The highest BCUT2D eigenvalue weighted by atomic mass is 19.1. The van der Waals surface area contributed by atoms with E-state index in [1.807, 2.05) is 13.0 Å². The molecule has 1 nitrogen and oxygen atoms in total. The van der Waals surface area contributed by atoms with Gasteiger partial charge in [0.25, 0.3) is 0 Å². The Morgan fingerprint density at radius 2 is 2.25 bits per heavy atom. The van der Waals surface area contributed by atoms with Gasteiger partial charge in [-0.05, 0) is 43.1 Å². The molecule has 0 spiro atoms. The zero-order chi connectivity index (χ0) is 12.0. The summed E-state index contributed by atoms with van der Waals surface area (Å²) in [6.45, 7) is 4.87. The van der Waals surface area contributed by atoms with Crippen LogP contribution in [-0.2, 0) is 0 Å². The van der Waals surface area contributed by atoms with E-state index in [0.717, 1.165) is 30.5 Å². The lowest BCUT2D eigenvalue weighted by molar-refractivity contribution is 0.518. The first-order valence-electron chi connectivity index (χ1n) is 5.62. The third-order valence-electron chi connectivity index (χ3n) is 2.64. The number of aryl methyl sites for hydroxylation is 1. The molecule has 0 fully saturated rings. The molecule has 0 radical (unpaired) electrons. The molecule has 0 amide bonds. The van der Waals surface area contributed by atoms with Crippen molar-refractivity contribution < 1.29 is 4.39 Å². The third kappa shape index (κ3) is 3.36. The molecular weight excluding hydrogens is 201 g/mol. The Morgan fingerprint density at radius 3 is 2.81 bits per heavy atom. The van der Waals surface area contributed by atoms with Crippen molar-refractivity contribution >= 4 is 0 Å². The third-order valence-corrected chi connectivity index (χ3v) is 2.64. The molecule has 1 atom stereocenters. The molecule has 86 valence electrons. The van der Waals surface area contributed by atoms with Crippen LogP contribution in [0.15, 0.2) is 18.2 Å². The monoisotopic (exact) mass is 219 g/mol. The number of halogens is 1. The van der Waals surface area contributed by atoms with Crippen LogP contribution in [0, 0.1) is 25.1 Å². The fourth-order valence-corrected chi connectivity index (χ4v) is 1.87. The van der Waals surface area contributed by atoms with Crippen molar-refractivity contribution in [3.8, 4) is 12.3 Å². The normalized spacial score (nSPS) is 12.1. The van der Waals surface area contributed by atoms with E-state index in [2.05, 4.69) is 18.2 Å². The lowest BCUT2D eigenvalue weighted by atomic mass is 9.97. The van der Waals surface area contributed by atoms with Crippen LogP contribution in [0.1, 0.15) is 36.9 Å². The maximum Gasteiger partial charge on any atom is 0.123 e. The Morgan fingerprint density at radius 1 is 1.50 bits per heavy atom. The number of rotatable bonds is 5. The van der Waals surface area contributed by atoms with E-state index in [1.54, 1.807) is 6.07 Å². The lowest BCUT2D eigenvalue weighted by Gasteiger charge is -2.19. The van der Waals surface area contributed by atoms with Gasteiger partial charge in [0.15, 0.2) is 0 Å². The number of terminal acetylenes is 1. The molecule has 0 aromatic heterocycles. The molecule has 1 aromatic carbocycles. The SMILES string of the molecule is C#CCCC(NCC)c1ccc(F)cc1C. The Kier molecular flexibility index (Phi) is 5.01. The van der Waals surface area contributed by atoms with E-state index >= 15 is 0 Å². The molecule has 0 aliphatic rings. The Hall–Kier alpha value is -1.33. The minimum Gasteiger partial charge on any atom is -0.310 e. The summed E-state index contributed by atoms with van der Waals surface area (Å²) in [6.07, 6.45) is 6.89. The molecule has 1 unspecified atom stereocenters. The summed E-state index contributed by atoms with van der Waals surface area (Å²) in [5.41, 5.74) is 2.11. The Labute approximate surface area is 97.1 Å². The van der Waals surface area contributed by atoms with Gasteiger partial charge in [-0.2, -0.15) is 0 Å². The first kappa shape index (κ1) is 12.7. The van der Waals surface area contributed by atoms with Gasteiger partial charge in [0, 0.05) is 12.5 Å². The van der Waals surface area contributed by atoms with E-state index in [0.29, 0.717) is 0 Å². The van der Waals surface area contributed by atoms with Crippen LogP contribution in [0.25, 0.3) is 0 Å². The van der Waals surface area contributed by atoms with E-state index in [4.69, 9.17) is 6.42 Å². The zero-order valence-electron chi connectivity index (χ0n) is 9.89. The van der Waals surface area contributed by atoms with Crippen LogP contribution in [0.3, 0.4) is 0 Å². The molecule has 0 heterocycles. The topological polar surface area (TPSA) is 12.0 Å². The number of hydrogen-bond acceptors (Lipinski definition) is 1. The van der Waals surface area contributed by atoms with E-state index < -0.39 is 0 Å². The average molecular weight is 219 g/mol. The summed E-state index contributed by atoms with van der Waals surface area (Å²) < 4.78 is 13.0. The minimum absolute atomic E-state index is 0.187. The van der Waals surface area contributed by atoms with Crippen LogP contribution in [-0.4, -0.2) is 6.54 Å². The van der Waals surface area contributed by atoms with Gasteiger partial charge in [0.05, 0.1) is 0 Å². The van der Waals surface area contributed by atoms with Crippen molar-refractivity contribution in [2.45, 2.75) is 32.7 Å². The van der Waals surface area contributed by atoms with Gasteiger partial charge in [-0.1, -0.05) is 13.0 Å². The van der Waals surface area contributed by atoms with Gasteiger partial charge < -0.3 is 5.32 Å². The van der Waals surface area contributed by atoms with Crippen LogP contribution in [0.5, 0.6) is 0 Å². The second-order valence-electron chi connectivity index (χ2n) is 3.85. The van der Waals surface area contributed by atoms with Crippen molar-refractivity contribution in [3.05, 3.63) is 35.1 Å². The predicted molar refractivity (Wildman–Crippen MR) is 65.6 cm³/mol. The van der Waals surface area contributed by atoms with Gasteiger partial charge in [-0.15, -0.1) is 12.3 Å². The highest BCUT2D eigenvalue weighted by Crippen LogP contribution is 2.22. The lowest BCUT2D eigenvalue weighted by Crippen LogP contribution is -2.21. The largest absolute Gasteiger partial charge is 0.310 e. The molecule has 0 bridgehead atoms. The van der Waals surface area contributed by atoms with Gasteiger partial charge in [0.1, 0.15) is 5.82 Å². The van der Waals surface area contributed by atoms with Crippen molar-refractivity contribution in [2.75, 3.05) is 6.54 Å². The smallest absolute Gasteiger partial charge is 0.123 e. The predicted octanol–water partition coefficient (Wildman–Crippen LogP) is 3.20. The molecule has 16 heavy (non-hydrogen) atoms. The molecule has 1 rings (SSSR count). The zero-order valence-corrected chi connectivity index (χ0v) is 9.89. The second-order valence-corrected chi connectivity index (χ2v) is 3.85. The fourth-order valence-electron chi connectivity index (χ4n) is 1.87. The fraction of sp³-hybridized carbons (Fsp3) is 0.429. The summed E-state index contributed by atoms with van der Waals surface area (Å²) >= 11 is 0. The van der Waals surface area contributed by atoms with Crippen LogP contribution >= 0.6 is 0 Å². The molecule has 0 aliphatic heterocycles. The van der Waals surface area contributed by atoms with E-state index in [9.17, 15) is 4.39 Å². The van der Waals surface area contributed by atoms with Crippen molar-refractivity contribution in [2.24, 2.45) is 0 Å². The first-order valence-corrected chi connectivity index (χ1v) is 5.62. The van der Waals surface area contributed by atoms with Crippen molar-refractivity contribution in [1.82, 2.24) is 5.32 Å². The number of hydrogen-bond donors (Lipinski definition) is 1. The van der Waals surface area contributed by atoms with Crippen molar-refractivity contribution in [3.63, 3.8) is 0 Å². The number of nitrogens with one attached hydrogen (secondary N) is 1. The quantitative estimate of drug-likeness (QED) is 0.750. The van der Waals surface area contributed by atoms with Gasteiger partial charge in [0.2, 0.25) is 0 Å². The van der Waals surface area contributed by atoms with E-state index in [1.165, 1.54) is 6.07 Å². The van der Waals surface area contributed by atoms with Gasteiger partial charge >= 0.3 is 0 Å². The highest BCUT2D eigenvalue weighted by molar-refractivity contribution is 5.29. The van der Waals surface area contributed by atoms with Crippen molar-refractivity contribution in [1.29, 1.82) is 0 Å². The summed E-state index contributed by atoms with van der Waals surface area (Å²) in [5.74, 6) is 2.46. The van der Waals surface area contributed by atoms with Crippen LogP contribution in [0.2, 0.25) is 0 Å². The molecule has 0 aliphatic carbocycles. The minimum atomic E-state index is -0.187.